The van der Waals surface area contributed by atoms with Gasteiger partial charge in [-0.1, -0.05) is 310 Å². The molecule has 394 valence electrons. The molecule has 0 aromatic heterocycles. The second-order valence-electron chi connectivity index (χ2n) is 21.1. The van der Waals surface area contributed by atoms with Crippen molar-refractivity contribution < 1.29 is 24.5 Å². The van der Waals surface area contributed by atoms with Crippen molar-refractivity contribution in [1.82, 2.24) is 5.32 Å². The number of amides is 1. The molecule has 66 heavy (non-hydrogen) atoms. The largest absolute Gasteiger partial charge is 0.462 e. The lowest BCUT2D eigenvalue weighted by molar-refractivity contribution is -0.151. The standard InChI is InChI=1S/C60H119NO5/c1-4-7-10-13-16-19-22-25-28-31-33-36-39-42-45-48-51-56(66-60(65)53-50-47-44-41-38-35-32-29-26-23-20-17-14-11-8-5-2)54-59(64)61-57(55-62)58(63)52-49-46-43-40-37-34-30-27-24-21-18-15-12-9-6-3/h56-58,62-63H,4-55H2,1-3H3,(H,61,64). The molecule has 0 aliphatic carbocycles. The normalized spacial score (nSPS) is 13.0. The van der Waals surface area contributed by atoms with Gasteiger partial charge >= 0.3 is 5.97 Å². The Morgan fingerprint density at radius 2 is 0.636 bits per heavy atom. The average molecular weight is 935 g/mol. The number of ether oxygens (including phenoxy) is 1. The fraction of sp³-hybridized carbons (Fsp3) is 0.967. The molecule has 6 heteroatoms. The third-order valence-electron chi connectivity index (χ3n) is 14.4. The third kappa shape index (κ3) is 49.3. The minimum atomic E-state index is -0.780. The lowest BCUT2D eigenvalue weighted by atomic mass is 10.0. The Hall–Kier alpha value is -1.14. The summed E-state index contributed by atoms with van der Waals surface area (Å²) in [5.41, 5.74) is 0. The van der Waals surface area contributed by atoms with Gasteiger partial charge in [-0.05, 0) is 25.7 Å². The van der Waals surface area contributed by atoms with Crippen molar-refractivity contribution in [2.75, 3.05) is 6.61 Å². The molecule has 0 rings (SSSR count). The highest BCUT2D eigenvalue weighted by Crippen LogP contribution is 2.20. The Bertz CT molecular complexity index is 959. The van der Waals surface area contributed by atoms with Gasteiger partial charge in [-0.25, -0.2) is 0 Å². The maximum absolute atomic E-state index is 13.3. The third-order valence-corrected chi connectivity index (χ3v) is 14.4. The average Bonchev–Trinajstić information content (AvgIpc) is 3.31. The number of esters is 1. The predicted molar refractivity (Wildman–Crippen MR) is 287 cm³/mol. The van der Waals surface area contributed by atoms with Crippen molar-refractivity contribution in [3.63, 3.8) is 0 Å². The summed E-state index contributed by atoms with van der Waals surface area (Å²) in [6.07, 6.45) is 61.7. The minimum absolute atomic E-state index is 0.0889. The van der Waals surface area contributed by atoms with E-state index < -0.39 is 18.2 Å². The van der Waals surface area contributed by atoms with Crippen LogP contribution in [0.4, 0.5) is 0 Å². The molecule has 3 unspecified atom stereocenters. The first-order valence-electron chi connectivity index (χ1n) is 30.3. The van der Waals surface area contributed by atoms with Crippen molar-refractivity contribution in [3.8, 4) is 0 Å². The zero-order valence-corrected chi connectivity index (χ0v) is 45.1. The van der Waals surface area contributed by atoms with Gasteiger partial charge in [0.2, 0.25) is 5.91 Å². The summed E-state index contributed by atoms with van der Waals surface area (Å²) in [6.45, 7) is 6.55. The topological polar surface area (TPSA) is 95.9 Å². The Labute approximate surface area is 413 Å². The van der Waals surface area contributed by atoms with E-state index in [1.54, 1.807) is 0 Å². The number of aliphatic hydroxyl groups excluding tert-OH is 2. The summed E-state index contributed by atoms with van der Waals surface area (Å²) in [4.78, 5) is 26.3. The van der Waals surface area contributed by atoms with Crippen LogP contribution in [0.5, 0.6) is 0 Å². The highest BCUT2D eigenvalue weighted by Gasteiger charge is 2.24. The highest BCUT2D eigenvalue weighted by molar-refractivity contribution is 5.77. The highest BCUT2D eigenvalue weighted by atomic mass is 16.5. The van der Waals surface area contributed by atoms with E-state index in [0.717, 1.165) is 38.5 Å². The maximum Gasteiger partial charge on any atom is 0.306 e. The van der Waals surface area contributed by atoms with Crippen LogP contribution in [-0.4, -0.2) is 46.9 Å². The van der Waals surface area contributed by atoms with Gasteiger partial charge in [0.25, 0.3) is 0 Å². The van der Waals surface area contributed by atoms with Crippen LogP contribution in [0.2, 0.25) is 0 Å². The fourth-order valence-electron chi connectivity index (χ4n) is 9.85. The van der Waals surface area contributed by atoms with Crippen LogP contribution in [0.25, 0.3) is 0 Å². The summed E-state index contributed by atoms with van der Waals surface area (Å²) in [5.74, 6) is -0.442. The van der Waals surface area contributed by atoms with Crippen LogP contribution in [0.3, 0.4) is 0 Å². The monoisotopic (exact) mass is 934 g/mol. The number of rotatable bonds is 56. The molecule has 3 atom stereocenters. The van der Waals surface area contributed by atoms with Crippen molar-refractivity contribution in [1.29, 1.82) is 0 Å². The van der Waals surface area contributed by atoms with Gasteiger partial charge in [0, 0.05) is 6.42 Å². The van der Waals surface area contributed by atoms with Gasteiger partial charge in [0.1, 0.15) is 6.10 Å². The minimum Gasteiger partial charge on any atom is -0.462 e. The first-order chi connectivity index (χ1) is 32.5. The number of hydrogen-bond donors (Lipinski definition) is 3. The summed E-state index contributed by atoms with van der Waals surface area (Å²) in [5, 5.41) is 23.9. The van der Waals surface area contributed by atoms with Crippen molar-refractivity contribution >= 4 is 11.9 Å². The second kappa shape index (κ2) is 54.8. The SMILES string of the molecule is CCCCCCCCCCCCCCCCCCC(=O)OC(CCCCCCCCCCCCCCCCCC)CC(=O)NC(CO)C(O)CCCCCCCCCCCCCCCCC. The van der Waals surface area contributed by atoms with Gasteiger partial charge in [-0.15, -0.1) is 0 Å². The number of aliphatic hydroxyl groups is 2. The Kier molecular flexibility index (Phi) is 53.8. The second-order valence-corrected chi connectivity index (χ2v) is 21.1. The lowest BCUT2D eigenvalue weighted by Gasteiger charge is -2.24. The molecule has 0 aromatic carbocycles. The van der Waals surface area contributed by atoms with Crippen molar-refractivity contribution in [3.05, 3.63) is 0 Å². The van der Waals surface area contributed by atoms with Crippen LogP contribution in [0.15, 0.2) is 0 Å². The molecule has 0 radical (unpaired) electrons. The van der Waals surface area contributed by atoms with Crippen molar-refractivity contribution in [2.45, 2.75) is 366 Å². The molecule has 6 nitrogen and oxygen atoms in total. The van der Waals surface area contributed by atoms with Crippen LogP contribution >= 0.6 is 0 Å². The molecule has 0 saturated carbocycles. The first-order valence-corrected chi connectivity index (χ1v) is 30.3. The molecule has 0 aliphatic heterocycles. The molecular formula is C60H119NO5. The van der Waals surface area contributed by atoms with Crippen LogP contribution in [0.1, 0.15) is 348 Å². The number of carbonyl (C=O) groups is 2. The molecule has 0 heterocycles. The Balaban J connectivity index is 4.48. The van der Waals surface area contributed by atoms with Crippen LogP contribution in [-0.2, 0) is 14.3 Å². The van der Waals surface area contributed by atoms with E-state index in [1.165, 1.54) is 263 Å². The Morgan fingerprint density at radius 3 is 0.924 bits per heavy atom. The van der Waals surface area contributed by atoms with E-state index >= 15 is 0 Å². The van der Waals surface area contributed by atoms with Gasteiger partial charge in [0.05, 0.1) is 25.2 Å². The van der Waals surface area contributed by atoms with Crippen molar-refractivity contribution in [2.24, 2.45) is 0 Å². The summed E-state index contributed by atoms with van der Waals surface area (Å²) >= 11 is 0. The zero-order valence-electron chi connectivity index (χ0n) is 45.1. The first kappa shape index (κ1) is 64.9. The molecule has 0 fully saturated rings. The summed E-state index contributed by atoms with van der Waals surface area (Å²) in [6, 6.07) is -0.693. The van der Waals surface area contributed by atoms with E-state index in [9.17, 15) is 19.8 Å². The molecule has 0 spiro atoms. The van der Waals surface area contributed by atoms with Gasteiger partial charge in [-0.2, -0.15) is 0 Å². The predicted octanol–water partition coefficient (Wildman–Crippen LogP) is 18.7. The molecule has 0 bridgehead atoms. The molecule has 0 aliphatic rings. The molecule has 3 N–H and O–H groups in total. The summed E-state index contributed by atoms with van der Waals surface area (Å²) < 4.78 is 5.98. The quantitative estimate of drug-likeness (QED) is 0.0417. The number of carbonyl (C=O) groups excluding carboxylic acids is 2. The Morgan fingerprint density at radius 1 is 0.379 bits per heavy atom. The molecular weight excluding hydrogens is 815 g/mol. The van der Waals surface area contributed by atoms with Gasteiger partial charge < -0.3 is 20.3 Å². The van der Waals surface area contributed by atoms with Gasteiger partial charge in [-0.3, -0.25) is 9.59 Å². The van der Waals surface area contributed by atoms with E-state index in [1.807, 2.05) is 0 Å². The van der Waals surface area contributed by atoms with E-state index in [-0.39, 0.29) is 24.9 Å². The zero-order chi connectivity index (χ0) is 48.1. The van der Waals surface area contributed by atoms with Crippen LogP contribution < -0.4 is 5.32 Å². The lowest BCUT2D eigenvalue weighted by Crippen LogP contribution is -2.46. The number of unbranched alkanes of at least 4 members (excludes halogenated alkanes) is 44. The summed E-state index contributed by atoms with van der Waals surface area (Å²) in [7, 11) is 0. The number of nitrogens with one attached hydrogen (secondary N) is 1. The maximum atomic E-state index is 13.3. The van der Waals surface area contributed by atoms with Crippen LogP contribution in [0, 0.1) is 0 Å². The molecule has 0 saturated heterocycles. The van der Waals surface area contributed by atoms with E-state index in [0.29, 0.717) is 19.3 Å². The number of hydrogen-bond acceptors (Lipinski definition) is 5. The molecule has 1 amide bonds. The van der Waals surface area contributed by atoms with E-state index in [4.69, 9.17) is 4.74 Å². The van der Waals surface area contributed by atoms with E-state index in [2.05, 4.69) is 26.1 Å². The van der Waals surface area contributed by atoms with Gasteiger partial charge in [0.15, 0.2) is 0 Å². The smallest absolute Gasteiger partial charge is 0.306 e. The fourth-order valence-corrected chi connectivity index (χ4v) is 9.85. The molecule has 0 aromatic rings.